The Bertz CT molecular complexity index is 683. The number of nitrogens with zero attached hydrogens (tertiary/aromatic N) is 2. The molecule has 4 rings (SSSR count). The Morgan fingerprint density at radius 1 is 1.24 bits per heavy atom. The van der Waals surface area contributed by atoms with Crippen molar-refractivity contribution < 1.29 is 0 Å². The Kier molecular flexibility index (Phi) is 6.10. The van der Waals surface area contributed by atoms with Crippen LogP contribution in [-0.4, -0.2) is 44.0 Å². The summed E-state index contributed by atoms with van der Waals surface area (Å²) < 4.78 is 0. The van der Waals surface area contributed by atoms with Crippen LogP contribution in [0, 0.1) is 5.41 Å². The fourth-order valence-corrected chi connectivity index (χ4v) is 4.65. The molecule has 25 heavy (non-hydrogen) atoms. The quantitative estimate of drug-likeness (QED) is 0.635. The van der Waals surface area contributed by atoms with E-state index in [1.54, 1.807) is 5.56 Å². The van der Waals surface area contributed by atoms with Gasteiger partial charge in [0.2, 0.25) is 0 Å². The van der Waals surface area contributed by atoms with Crippen molar-refractivity contribution in [1.29, 1.82) is 5.41 Å². The highest BCUT2D eigenvalue weighted by atomic mass is 32.1. The summed E-state index contributed by atoms with van der Waals surface area (Å²) in [7, 11) is 2.25. The predicted octanol–water partition coefficient (Wildman–Crippen LogP) is 3.81. The summed E-state index contributed by atoms with van der Waals surface area (Å²) in [5, 5.41) is 8.03. The lowest BCUT2D eigenvalue weighted by Gasteiger charge is -2.31. The molecule has 4 nitrogen and oxygen atoms in total. The second-order valence-corrected chi connectivity index (χ2v) is 7.79. The first-order valence-corrected chi connectivity index (χ1v) is 9.93. The number of anilines is 1. The number of fused-ring (bicyclic) bond motifs is 1. The highest BCUT2D eigenvalue weighted by Crippen LogP contribution is 2.34. The third-order valence-electron chi connectivity index (χ3n) is 5.10. The molecule has 0 saturated carbocycles. The lowest BCUT2D eigenvalue weighted by molar-refractivity contribution is 0.407. The zero-order valence-corrected chi connectivity index (χ0v) is 15.8. The first-order valence-electron chi connectivity index (χ1n) is 9.05. The normalized spacial score (nSPS) is 20.4. The van der Waals surface area contributed by atoms with E-state index in [2.05, 4.69) is 58.3 Å². The van der Waals surface area contributed by atoms with Crippen molar-refractivity contribution in [3.63, 3.8) is 0 Å². The van der Waals surface area contributed by atoms with Gasteiger partial charge in [-0.15, -0.1) is 11.3 Å². The van der Waals surface area contributed by atoms with Gasteiger partial charge in [0.1, 0.15) is 0 Å². The number of hydrogen-bond acceptors (Lipinski definition) is 4. The predicted molar refractivity (Wildman–Crippen MR) is 109 cm³/mol. The Hall–Kier alpha value is -1.85. The third kappa shape index (κ3) is 4.22. The molecule has 0 bridgehead atoms. The summed E-state index contributed by atoms with van der Waals surface area (Å²) >= 11 is 1.84. The van der Waals surface area contributed by atoms with Gasteiger partial charge in [-0.25, -0.2) is 0 Å². The number of thiophene rings is 1. The van der Waals surface area contributed by atoms with Crippen molar-refractivity contribution in [1.82, 2.24) is 4.90 Å². The van der Waals surface area contributed by atoms with Gasteiger partial charge in [0.15, 0.2) is 0 Å². The molecule has 2 aromatic rings. The molecule has 2 aliphatic rings. The summed E-state index contributed by atoms with van der Waals surface area (Å²) in [6.07, 6.45) is 5.93. The molecule has 1 aromatic carbocycles. The van der Waals surface area contributed by atoms with Crippen molar-refractivity contribution in [2.75, 3.05) is 31.6 Å². The van der Waals surface area contributed by atoms with Crippen molar-refractivity contribution in [3.05, 3.63) is 41.3 Å². The smallest absolute Gasteiger partial charge is 0.0765 e. The second-order valence-electron chi connectivity index (χ2n) is 6.84. The first kappa shape index (κ1) is 18.0. The van der Waals surface area contributed by atoms with Gasteiger partial charge >= 0.3 is 0 Å². The van der Waals surface area contributed by atoms with Crippen LogP contribution in [0.1, 0.15) is 24.8 Å². The van der Waals surface area contributed by atoms with E-state index in [0.717, 1.165) is 6.34 Å². The Labute approximate surface area is 154 Å². The molecule has 1 aromatic heterocycles. The Morgan fingerprint density at radius 2 is 2.08 bits per heavy atom. The molecule has 1 saturated heterocycles. The molecule has 0 aliphatic carbocycles. The van der Waals surface area contributed by atoms with Crippen LogP contribution < -0.4 is 10.6 Å². The number of likely N-dealkylation sites (N-methyl/N-ethyl adjacent to an activating group) is 1. The van der Waals surface area contributed by atoms with Crippen LogP contribution >= 0.6 is 11.3 Å². The molecule has 1 fully saturated rings. The fraction of sp³-hybridized carbons (Fsp3) is 0.450. The number of hydrogen-bond donors (Lipinski definition) is 2. The van der Waals surface area contributed by atoms with Crippen LogP contribution in [-0.2, 0) is 6.42 Å². The molecule has 0 radical (unpaired) electrons. The van der Waals surface area contributed by atoms with Crippen LogP contribution in [0.2, 0.25) is 0 Å². The first-order chi connectivity index (χ1) is 12.2. The monoisotopic (exact) mass is 356 g/mol. The summed E-state index contributed by atoms with van der Waals surface area (Å²) in [4.78, 5) is 6.55. The van der Waals surface area contributed by atoms with E-state index in [-0.39, 0.29) is 0 Å². The van der Waals surface area contributed by atoms with E-state index in [1.807, 2.05) is 11.3 Å². The van der Waals surface area contributed by atoms with Crippen molar-refractivity contribution in [2.24, 2.45) is 5.73 Å². The maximum absolute atomic E-state index is 5.86. The van der Waals surface area contributed by atoms with E-state index < -0.39 is 0 Å². The van der Waals surface area contributed by atoms with E-state index in [4.69, 9.17) is 5.41 Å². The number of aryl methyl sites for hydroxylation is 1. The van der Waals surface area contributed by atoms with Gasteiger partial charge in [0, 0.05) is 29.7 Å². The molecular formula is C20H28N4S. The Balaban J connectivity index is 0.000000569. The summed E-state index contributed by atoms with van der Waals surface area (Å²) in [5.41, 5.74) is 8.83. The molecule has 1 atom stereocenters. The van der Waals surface area contributed by atoms with E-state index in [9.17, 15) is 0 Å². The largest absolute Gasteiger partial charge is 0.390 e. The van der Waals surface area contributed by atoms with Gasteiger partial charge in [0.05, 0.1) is 6.34 Å². The summed E-state index contributed by atoms with van der Waals surface area (Å²) in [6.45, 7) is 3.68. The number of benzene rings is 1. The van der Waals surface area contributed by atoms with Gasteiger partial charge in [0.25, 0.3) is 0 Å². The minimum atomic E-state index is 0.703. The van der Waals surface area contributed by atoms with Crippen molar-refractivity contribution in [3.8, 4) is 10.4 Å². The molecular weight excluding hydrogens is 328 g/mol. The SMILES string of the molecule is CN1CCC(N2CCCCc3cc(-c4cccs4)ccc32)C1.N=CN. The van der Waals surface area contributed by atoms with Crippen LogP contribution in [0.25, 0.3) is 10.4 Å². The molecule has 5 heteroatoms. The van der Waals surface area contributed by atoms with Crippen LogP contribution in [0.15, 0.2) is 35.7 Å². The van der Waals surface area contributed by atoms with E-state index in [0.29, 0.717) is 6.04 Å². The molecule has 3 N–H and O–H groups in total. The summed E-state index contributed by atoms with van der Waals surface area (Å²) in [6, 6.07) is 12.2. The lowest BCUT2D eigenvalue weighted by Crippen LogP contribution is -2.37. The highest BCUT2D eigenvalue weighted by molar-refractivity contribution is 7.13. The molecule has 0 spiro atoms. The lowest BCUT2D eigenvalue weighted by atomic mass is 10.0. The molecule has 3 heterocycles. The minimum absolute atomic E-state index is 0.703. The highest BCUT2D eigenvalue weighted by Gasteiger charge is 2.28. The van der Waals surface area contributed by atoms with Crippen LogP contribution in [0.3, 0.4) is 0 Å². The van der Waals surface area contributed by atoms with E-state index in [1.165, 1.54) is 61.4 Å². The second kappa shape index (κ2) is 8.50. The number of likely N-dealkylation sites (tertiary alicyclic amines) is 1. The van der Waals surface area contributed by atoms with Gasteiger partial charge in [-0.3, -0.25) is 5.41 Å². The molecule has 2 aliphatic heterocycles. The molecule has 0 amide bonds. The summed E-state index contributed by atoms with van der Waals surface area (Å²) in [5.74, 6) is 0. The number of nitrogens with one attached hydrogen (secondary N) is 1. The maximum atomic E-state index is 5.86. The minimum Gasteiger partial charge on any atom is -0.390 e. The van der Waals surface area contributed by atoms with Crippen LogP contribution in [0.4, 0.5) is 5.69 Å². The Morgan fingerprint density at radius 3 is 2.76 bits per heavy atom. The maximum Gasteiger partial charge on any atom is 0.0765 e. The van der Waals surface area contributed by atoms with Crippen LogP contribution in [0.5, 0.6) is 0 Å². The number of rotatable bonds is 2. The standard InChI is InChI=1S/C19H24N2S.CH4N2/c1-20-11-9-17(14-20)21-10-3-2-5-15-13-16(7-8-18(15)21)19-6-4-12-22-19;2-1-3/h4,6-8,12-13,17H,2-3,5,9-11,14H2,1H3;1H,(H3,2,3). The van der Waals surface area contributed by atoms with E-state index >= 15 is 0 Å². The average molecular weight is 357 g/mol. The van der Waals surface area contributed by atoms with Crippen molar-refractivity contribution in [2.45, 2.75) is 31.7 Å². The topological polar surface area (TPSA) is 56.4 Å². The zero-order chi connectivity index (χ0) is 17.6. The fourth-order valence-electron chi connectivity index (χ4n) is 3.93. The molecule has 1 unspecified atom stereocenters. The zero-order valence-electron chi connectivity index (χ0n) is 14.9. The van der Waals surface area contributed by atoms with Gasteiger partial charge in [-0.05, 0) is 74.0 Å². The average Bonchev–Trinajstić information content (AvgIpc) is 3.24. The van der Waals surface area contributed by atoms with Crippen molar-refractivity contribution >= 4 is 23.4 Å². The van der Waals surface area contributed by atoms with Gasteiger partial charge in [-0.1, -0.05) is 12.1 Å². The van der Waals surface area contributed by atoms with Gasteiger partial charge < -0.3 is 15.5 Å². The third-order valence-corrected chi connectivity index (χ3v) is 6.02. The van der Waals surface area contributed by atoms with Gasteiger partial charge in [-0.2, -0.15) is 0 Å². The molecule has 134 valence electrons. The number of nitrogens with two attached hydrogens (primary N) is 1.